The average molecular weight is 294 g/mol. The Hall–Kier alpha value is -2.13. The first-order valence-electron chi connectivity index (χ1n) is 7.03. The van der Waals surface area contributed by atoms with Gasteiger partial charge in [-0.1, -0.05) is 30.3 Å². The third-order valence-electron chi connectivity index (χ3n) is 3.74. The summed E-state index contributed by atoms with van der Waals surface area (Å²) in [5, 5.41) is 6.57. The fourth-order valence-electron chi connectivity index (χ4n) is 2.33. The van der Waals surface area contributed by atoms with E-state index in [4.69, 9.17) is 0 Å². The van der Waals surface area contributed by atoms with Crippen LogP contribution >= 0.6 is 11.3 Å². The Labute approximate surface area is 129 Å². The lowest BCUT2D eigenvalue weighted by Crippen LogP contribution is -2.02. The summed E-state index contributed by atoms with van der Waals surface area (Å²) in [7, 11) is 0. The first-order chi connectivity index (χ1) is 10.2. The van der Waals surface area contributed by atoms with Crippen molar-refractivity contribution in [1.29, 1.82) is 0 Å². The molecule has 0 atom stereocenters. The van der Waals surface area contributed by atoms with Crippen LogP contribution in [-0.4, -0.2) is 4.98 Å². The quantitative estimate of drug-likeness (QED) is 0.729. The summed E-state index contributed by atoms with van der Waals surface area (Å²) in [6.07, 6.45) is 1.84. The molecule has 0 aliphatic rings. The lowest BCUT2D eigenvalue weighted by molar-refractivity contribution is 1.10. The zero-order valence-electron chi connectivity index (χ0n) is 12.3. The molecule has 2 nitrogen and oxygen atoms in total. The lowest BCUT2D eigenvalue weighted by Gasteiger charge is -2.11. The molecule has 3 heteroatoms. The number of hydrogen-bond donors (Lipinski definition) is 1. The van der Waals surface area contributed by atoms with E-state index in [1.54, 1.807) is 11.3 Å². The van der Waals surface area contributed by atoms with Crippen molar-refractivity contribution in [1.82, 2.24) is 4.98 Å². The average Bonchev–Trinajstić information content (AvgIpc) is 3.03. The molecule has 0 spiro atoms. The SMILES string of the molecule is Cc1cccc(CNc2cccc(-c3nccs3)c2)c1C. The molecule has 106 valence electrons. The summed E-state index contributed by atoms with van der Waals surface area (Å²) in [5.74, 6) is 0. The van der Waals surface area contributed by atoms with Gasteiger partial charge in [0.25, 0.3) is 0 Å². The Balaban J connectivity index is 1.77. The largest absolute Gasteiger partial charge is 0.381 e. The van der Waals surface area contributed by atoms with Crippen molar-refractivity contribution in [2.24, 2.45) is 0 Å². The second kappa shape index (κ2) is 6.10. The highest BCUT2D eigenvalue weighted by atomic mass is 32.1. The molecule has 0 saturated carbocycles. The predicted molar refractivity (Wildman–Crippen MR) is 90.8 cm³/mol. The molecule has 0 radical (unpaired) electrons. The zero-order chi connectivity index (χ0) is 14.7. The van der Waals surface area contributed by atoms with E-state index in [2.05, 4.69) is 66.6 Å². The van der Waals surface area contributed by atoms with Gasteiger partial charge in [0.15, 0.2) is 0 Å². The molecule has 0 aliphatic heterocycles. The molecule has 2 aromatic carbocycles. The molecule has 0 amide bonds. The van der Waals surface area contributed by atoms with Gasteiger partial charge in [-0.25, -0.2) is 4.98 Å². The number of thiazole rings is 1. The van der Waals surface area contributed by atoms with E-state index in [0.29, 0.717) is 0 Å². The Bertz CT molecular complexity index is 733. The number of aromatic nitrogens is 1. The van der Waals surface area contributed by atoms with Crippen LogP contribution in [0, 0.1) is 13.8 Å². The van der Waals surface area contributed by atoms with E-state index in [9.17, 15) is 0 Å². The molecule has 21 heavy (non-hydrogen) atoms. The van der Waals surface area contributed by atoms with Gasteiger partial charge in [0.2, 0.25) is 0 Å². The van der Waals surface area contributed by atoms with Crippen LogP contribution in [-0.2, 0) is 6.54 Å². The smallest absolute Gasteiger partial charge is 0.123 e. The molecule has 0 bridgehead atoms. The summed E-state index contributed by atoms with van der Waals surface area (Å²) < 4.78 is 0. The third kappa shape index (κ3) is 3.14. The van der Waals surface area contributed by atoms with Crippen molar-refractivity contribution in [3.8, 4) is 10.6 Å². The van der Waals surface area contributed by atoms with Gasteiger partial charge >= 0.3 is 0 Å². The molecule has 1 aromatic heterocycles. The Morgan fingerprint density at radius 2 is 1.95 bits per heavy atom. The Morgan fingerprint density at radius 1 is 1.10 bits per heavy atom. The van der Waals surface area contributed by atoms with Gasteiger partial charge < -0.3 is 5.32 Å². The van der Waals surface area contributed by atoms with Crippen molar-refractivity contribution >= 4 is 17.0 Å². The van der Waals surface area contributed by atoms with Gasteiger partial charge in [0, 0.05) is 29.4 Å². The van der Waals surface area contributed by atoms with Gasteiger partial charge in [-0.15, -0.1) is 11.3 Å². The topological polar surface area (TPSA) is 24.9 Å². The van der Waals surface area contributed by atoms with Crippen molar-refractivity contribution in [3.05, 3.63) is 70.7 Å². The van der Waals surface area contributed by atoms with Gasteiger partial charge in [0.05, 0.1) is 0 Å². The predicted octanol–water partition coefficient (Wildman–Crippen LogP) is 5.04. The third-order valence-corrected chi connectivity index (χ3v) is 4.56. The molecular weight excluding hydrogens is 276 g/mol. The Kier molecular flexibility index (Phi) is 4.02. The highest BCUT2D eigenvalue weighted by molar-refractivity contribution is 7.13. The molecule has 3 aromatic rings. The minimum absolute atomic E-state index is 0.842. The van der Waals surface area contributed by atoms with Crippen LogP contribution in [0.15, 0.2) is 54.0 Å². The van der Waals surface area contributed by atoms with E-state index in [0.717, 1.165) is 22.8 Å². The summed E-state index contributed by atoms with van der Waals surface area (Å²) in [6, 6.07) is 14.9. The maximum atomic E-state index is 4.36. The van der Waals surface area contributed by atoms with Crippen molar-refractivity contribution in [2.75, 3.05) is 5.32 Å². The number of anilines is 1. The zero-order valence-corrected chi connectivity index (χ0v) is 13.1. The number of nitrogens with one attached hydrogen (secondary N) is 1. The second-order valence-corrected chi connectivity index (χ2v) is 6.03. The lowest BCUT2D eigenvalue weighted by atomic mass is 10.0. The number of nitrogens with zero attached hydrogens (tertiary/aromatic N) is 1. The molecule has 0 unspecified atom stereocenters. The van der Waals surface area contributed by atoms with E-state index in [-0.39, 0.29) is 0 Å². The molecule has 0 fully saturated rings. The van der Waals surface area contributed by atoms with Crippen LogP contribution in [0.5, 0.6) is 0 Å². The van der Waals surface area contributed by atoms with Gasteiger partial charge in [-0.05, 0) is 42.7 Å². The summed E-state index contributed by atoms with van der Waals surface area (Å²) in [6.45, 7) is 5.18. The molecular formula is C18H18N2S. The number of hydrogen-bond acceptors (Lipinski definition) is 3. The van der Waals surface area contributed by atoms with Gasteiger partial charge in [0.1, 0.15) is 5.01 Å². The number of benzene rings is 2. The highest BCUT2D eigenvalue weighted by Crippen LogP contribution is 2.25. The highest BCUT2D eigenvalue weighted by Gasteiger charge is 2.03. The normalized spacial score (nSPS) is 10.6. The van der Waals surface area contributed by atoms with E-state index < -0.39 is 0 Å². The minimum Gasteiger partial charge on any atom is -0.381 e. The summed E-state index contributed by atoms with van der Waals surface area (Å²) in [4.78, 5) is 4.36. The fraction of sp³-hybridized carbons (Fsp3) is 0.167. The van der Waals surface area contributed by atoms with Crippen molar-refractivity contribution < 1.29 is 0 Å². The minimum atomic E-state index is 0.842. The fourth-order valence-corrected chi connectivity index (χ4v) is 2.96. The van der Waals surface area contributed by atoms with Crippen molar-refractivity contribution in [3.63, 3.8) is 0 Å². The second-order valence-electron chi connectivity index (χ2n) is 5.13. The standard InChI is InChI=1S/C18H18N2S/c1-13-5-3-7-16(14(13)2)12-20-17-8-4-6-15(11-17)18-19-9-10-21-18/h3-11,20H,12H2,1-2H3. The maximum Gasteiger partial charge on any atom is 0.123 e. The maximum absolute atomic E-state index is 4.36. The Morgan fingerprint density at radius 3 is 2.76 bits per heavy atom. The van der Waals surface area contributed by atoms with Crippen LogP contribution in [0.25, 0.3) is 10.6 Å². The van der Waals surface area contributed by atoms with Crippen LogP contribution in [0.2, 0.25) is 0 Å². The molecule has 0 aliphatic carbocycles. The first kappa shape index (κ1) is 13.8. The monoisotopic (exact) mass is 294 g/mol. The number of rotatable bonds is 4. The molecule has 0 saturated heterocycles. The molecule has 1 heterocycles. The molecule has 3 rings (SSSR count). The van der Waals surface area contributed by atoms with E-state index in [1.807, 2.05) is 11.6 Å². The van der Waals surface area contributed by atoms with E-state index >= 15 is 0 Å². The molecule has 1 N–H and O–H groups in total. The van der Waals surface area contributed by atoms with E-state index in [1.165, 1.54) is 16.7 Å². The number of aryl methyl sites for hydroxylation is 1. The van der Waals surface area contributed by atoms with Gasteiger partial charge in [-0.3, -0.25) is 0 Å². The van der Waals surface area contributed by atoms with Gasteiger partial charge in [-0.2, -0.15) is 0 Å². The van der Waals surface area contributed by atoms with Crippen LogP contribution in [0.1, 0.15) is 16.7 Å². The summed E-state index contributed by atoms with van der Waals surface area (Å²) in [5.41, 5.74) is 6.33. The van der Waals surface area contributed by atoms with Crippen molar-refractivity contribution in [2.45, 2.75) is 20.4 Å². The van der Waals surface area contributed by atoms with Crippen LogP contribution < -0.4 is 5.32 Å². The van der Waals surface area contributed by atoms with Crippen LogP contribution in [0.3, 0.4) is 0 Å². The summed E-state index contributed by atoms with van der Waals surface area (Å²) >= 11 is 1.66. The van der Waals surface area contributed by atoms with Crippen LogP contribution in [0.4, 0.5) is 5.69 Å². The first-order valence-corrected chi connectivity index (χ1v) is 7.91.